The minimum Gasteiger partial charge on any atom is -0.324 e. The SMILES string of the molecule is Cc1cccc(C)c1NC(=O)[C@@H]1CCCCN1CCCCl. The van der Waals surface area contributed by atoms with Crippen LogP contribution in [0.2, 0.25) is 0 Å². The van der Waals surface area contributed by atoms with Gasteiger partial charge in [0.05, 0.1) is 6.04 Å². The highest BCUT2D eigenvalue weighted by atomic mass is 35.5. The van der Waals surface area contributed by atoms with E-state index in [1.807, 2.05) is 32.0 Å². The number of anilines is 1. The van der Waals surface area contributed by atoms with Crippen molar-refractivity contribution in [3.63, 3.8) is 0 Å². The molecular weight excluding hydrogens is 284 g/mol. The van der Waals surface area contributed by atoms with Crippen molar-refractivity contribution in [3.8, 4) is 0 Å². The third kappa shape index (κ3) is 4.21. The van der Waals surface area contributed by atoms with E-state index in [9.17, 15) is 4.79 Å². The van der Waals surface area contributed by atoms with Gasteiger partial charge in [-0.2, -0.15) is 0 Å². The molecule has 0 spiro atoms. The number of amides is 1. The van der Waals surface area contributed by atoms with E-state index >= 15 is 0 Å². The number of alkyl halides is 1. The number of likely N-dealkylation sites (tertiary alicyclic amines) is 1. The van der Waals surface area contributed by atoms with Crippen molar-refractivity contribution >= 4 is 23.2 Å². The molecule has 1 saturated heterocycles. The van der Waals surface area contributed by atoms with E-state index in [4.69, 9.17) is 11.6 Å². The number of hydrogen-bond donors (Lipinski definition) is 1. The molecule has 2 rings (SSSR count). The number of nitrogens with zero attached hydrogens (tertiary/aromatic N) is 1. The Bertz CT molecular complexity index is 469. The summed E-state index contributed by atoms with van der Waals surface area (Å²) in [5, 5.41) is 3.14. The van der Waals surface area contributed by atoms with E-state index in [2.05, 4.69) is 10.2 Å². The van der Waals surface area contributed by atoms with Crippen LogP contribution >= 0.6 is 11.6 Å². The highest BCUT2D eigenvalue weighted by Crippen LogP contribution is 2.23. The van der Waals surface area contributed by atoms with Crippen molar-refractivity contribution in [3.05, 3.63) is 29.3 Å². The molecule has 1 aromatic carbocycles. The van der Waals surface area contributed by atoms with Gasteiger partial charge in [-0.05, 0) is 50.8 Å². The Labute approximate surface area is 132 Å². The summed E-state index contributed by atoms with van der Waals surface area (Å²) < 4.78 is 0. The molecule has 0 radical (unpaired) electrons. The number of carbonyl (C=O) groups excluding carboxylic acids is 1. The van der Waals surface area contributed by atoms with E-state index < -0.39 is 0 Å². The van der Waals surface area contributed by atoms with Gasteiger partial charge in [0.25, 0.3) is 0 Å². The molecule has 1 atom stereocenters. The van der Waals surface area contributed by atoms with Crippen molar-refractivity contribution in [1.29, 1.82) is 0 Å². The minimum absolute atomic E-state index is 0.0130. The number of aryl methyl sites for hydroxylation is 2. The van der Waals surface area contributed by atoms with Gasteiger partial charge >= 0.3 is 0 Å². The molecule has 0 aromatic heterocycles. The summed E-state index contributed by atoms with van der Waals surface area (Å²) in [5.41, 5.74) is 3.20. The quantitative estimate of drug-likeness (QED) is 0.841. The molecule has 1 aromatic rings. The first-order chi connectivity index (χ1) is 10.1. The molecule has 1 amide bonds. The topological polar surface area (TPSA) is 32.3 Å². The van der Waals surface area contributed by atoms with Crippen LogP contribution in [-0.4, -0.2) is 35.8 Å². The van der Waals surface area contributed by atoms with Crippen LogP contribution in [0.15, 0.2) is 18.2 Å². The molecule has 0 aliphatic carbocycles. The van der Waals surface area contributed by atoms with Gasteiger partial charge in [0, 0.05) is 18.1 Å². The zero-order chi connectivity index (χ0) is 15.2. The molecule has 4 heteroatoms. The van der Waals surface area contributed by atoms with Crippen molar-refractivity contribution in [2.75, 3.05) is 24.3 Å². The largest absolute Gasteiger partial charge is 0.324 e. The number of para-hydroxylation sites is 1. The van der Waals surface area contributed by atoms with Crippen LogP contribution in [-0.2, 0) is 4.79 Å². The van der Waals surface area contributed by atoms with Gasteiger partial charge < -0.3 is 5.32 Å². The van der Waals surface area contributed by atoms with Gasteiger partial charge in [-0.15, -0.1) is 11.6 Å². The number of rotatable bonds is 5. The predicted molar refractivity (Wildman–Crippen MR) is 89.1 cm³/mol. The molecule has 3 nitrogen and oxygen atoms in total. The summed E-state index contributed by atoms with van der Waals surface area (Å²) in [4.78, 5) is 14.9. The van der Waals surface area contributed by atoms with E-state index in [1.54, 1.807) is 0 Å². The number of halogens is 1. The second kappa shape index (κ2) is 7.81. The lowest BCUT2D eigenvalue weighted by Gasteiger charge is -2.34. The standard InChI is InChI=1S/C17H25ClN2O/c1-13-7-5-8-14(2)16(13)19-17(21)15-9-3-4-11-20(15)12-6-10-18/h5,7-8,15H,3-4,6,9-12H2,1-2H3,(H,19,21)/t15-/m0/s1. The van der Waals surface area contributed by atoms with Crippen LogP contribution < -0.4 is 5.32 Å². The summed E-state index contributed by atoms with van der Waals surface area (Å²) in [6, 6.07) is 6.08. The summed E-state index contributed by atoms with van der Waals surface area (Å²) in [6.45, 7) is 5.99. The minimum atomic E-state index is -0.0130. The zero-order valence-corrected chi connectivity index (χ0v) is 13.7. The lowest BCUT2D eigenvalue weighted by molar-refractivity contribution is -0.122. The fraction of sp³-hybridized carbons (Fsp3) is 0.588. The summed E-state index contributed by atoms with van der Waals surface area (Å²) in [7, 11) is 0. The Kier molecular flexibility index (Phi) is 6.07. The molecule has 0 bridgehead atoms. The van der Waals surface area contributed by atoms with Crippen molar-refractivity contribution in [2.24, 2.45) is 0 Å². The smallest absolute Gasteiger partial charge is 0.241 e. The number of carbonyl (C=O) groups is 1. The van der Waals surface area contributed by atoms with Crippen molar-refractivity contribution < 1.29 is 4.79 Å². The highest BCUT2D eigenvalue weighted by molar-refractivity contribution is 6.17. The maximum atomic E-state index is 12.7. The van der Waals surface area contributed by atoms with E-state index in [0.717, 1.165) is 49.2 Å². The van der Waals surface area contributed by atoms with Gasteiger partial charge in [0.15, 0.2) is 0 Å². The van der Waals surface area contributed by atoms with Crippen LogP contribution in [0.3, 0.4) is 0 Å². The average molecular weight is 309 g/mol. The van der Waals surface area contributed by atoms with Gasteiger partial charge in [-0.25, -0.2) is 0 Å². The number of hydrogen-bond acceptors (Lipinski definition) is 2. The van der Waals surface area contributed by atoms with Crippen LogP contribution in [0.4, 0.5) is 5.69 Å². The zero-order valence-electron chi connectivity index (χ0n) is 13.0. The summed E-state index contributed by atoms with van der Waals surface area (Å²) in [6.07, 6.45) is 4.19. The molecule has 0 unspecified atom stereocenters. The number of benzene rings is 1. The van der Waals surface area contributed by atoms with Crippen LogP contribution in [0, 0.1) is 13.8 Å². The normalized spacial score (nSPS) is 19.5. The molecule has 1 heterocycles. The van der Waals surface area contributed by atoms with Gasteiger partial charge in [-0.3, -0.25) is 9.69 Å². The van der Waals surface area contributed by atoms with Crippen LogP contribution in [0.1, 0.15) is 36.8 Å². The van der Waals surface area contributed by atoms with E-state index in [0.29, 0.717) is 5.88 Å². The summed E-state index contributed by atoms with van der Waals surface area (Å²) in [5.74, 6) is 0.781. The second-order valence-corrected chi connectivity index (χ2v) is 6.22. The van der Waals surface area contributed by atoms with E-state index in [-0.39, 0.29) is 11.9 Å². The first-order valence-corrected chi connectivity index (χ1v) is 8.34. The molecule has 116 valence electrons. The van der Waals surface area contributed by atoms with Crippen LogP contribution in [0.5, 0.6) is 0 Å². The predicted octanol–water partition coefficient (Wildman–Crippen LogP) is 3.73. The van der Waals surface area contributed by atoms with Gasteiger partial charge in [-0.1, -0.05) is 24.6 Å². The highest BCUT2D eigenvalue weighted by Gasteiger charge is 2.28. The van der Waals surface area contributed by atoms with Gasteiger partial charge in [0.2, 0.25) is 5.91 Å². The Morgan fingerprint density at radius 3 is 2.71 bits per heavy atom. The lowest BCUT2D eigenvalue weighted by Crippen LogP contribution is -2.47. The Morgan fingerprint density at radius 2 is 2.05 bits per heavy atom. The monoisotopic (exact) mass is 308 g/mol. The molecule has 1 aliphatic rings. The molecule has 1 aliphatic heterocycles. The third-order valence-corrected chi connectivity index (χ3v) is 4.49. The average Bonchev–Trinajstić information content (AvgIpc) is 2.49. The maximum Gasteiger partial charge on any atom is 0.241 e. The molecule has 1 fully saturated rings. The Balaban J connectivity index is 2.07. The fourth-order valence-corrected chi connectivity index (χ4v) is 3.16. The molecule has 0 saturated carbocycles. The molecule has 21 heavy (non-hydrogen) atoms. The van der Waals surface area contributed by atoms with E-state index in [1.165, 1.54) is 6.42 Å². The lowest BCUT2D eigenvalue weighted by atomic mass is 10.0. The molecular formula is C17H25ClN2O. The molecule has 1 N–H and O–H groups in total. The van der Waals surface area contributed by atoms with Crippen molar-refractivity contribution in [2.45, 2.75) is 45.6 Å². The number of nitrogens with one attached hydrogen (secondary N) is 1. The summed E-state index contributed by atoms with van der Waals surface area (Å²) >= 11 is 5.79. The Morgan fingerprint density at radius 1 is 1.33 bits per heavy atom. The fourth-order valence-electron chi connectivity index (χ4n) is 3.04. The Hall–Kier alpha value is -1.06. The van der Waals surface area contributed by atoms with Crippen LogP contribution in [0.25, 0.3) is 0 Å². The first-order valence-electron chi connectivity index (χ1n) is 7.80. The second-order valence-electron chi connectivity index (χ2n) is 5.85. The third-order valence-electron chi connectivity index (χ3n) is 4.22. The van der Waals surface area contributed by atoms with Crippen molar-refractivity contribution in [1.82, 2.24) is 4.90 Å². The number of piperidine rings is 1. The maximum absolute atomic E-state index is 12.7. The van der Waals surface area contributed by atoms with Gasteiger partial charge in [0.1, 0.15) is 0 Å². The first kappa shape index (κ1) is 16.3.